The molecule has 0 unspecified atom stereocenters. The lowest BCUT2D eigenvalue weighted by molar-refractivity contribution is 0.122. The molecular weight excluding hydrogens is 282 g/mol. The number of hydrogen-bond acceptors (Lipinski definition) is 5. The molecule has 0 bridgehead atoms. The third-order valence-corrected chi connectivity index (χ3v) is 5.34. The standard InChI is InChI=1S/C12H15N3O4S/c16-12-14-9-4-3-7-15(8-10(9)19-12)20(17,18)11-5-1-2-6-13-11/h1-2,5-6,9-10H,3-4,7-8H2,(H,14,16)/t9-,10+/m0/s1. The third kappa shape index (κ3) is 2.36. The van der Waals surface area contributed by atoms with E-state index in [1.807, 2.05) is 0 Å². The van der Waals surface area contributed by atoms with Crippen molar-refractivity contribution in [3.05, 3.63) is 24.4 Å². The van der Waals surface area contributed by atoms with Crippen molar-refractivity contribution in [2.24, 2.45) is 0 Å². The van der Waals surface area contributed by atoms with Gasteiger partial charge in [0.05, 0.1) is 12.6 Å². The zero-order valence-corrected chi connectivity index (χ0v) is 11.5. The van der Waals surface area contributed by atoms with Gasteiger partial charge in [-0.15, -0.1) is 0 Å². The number of carbonyl (C=O) groups is 1. The van der Waals surface area contributed by atoms with Gasteiger partial charge in [0.2, 0.25) is 0 Å². The van der Waals surface area contributed by atoms with Crippen molar-refractivity contribution < 1.29 is 17.9 Å². The van der Waals surface area contributed by atoms with Crippen molar-refractivity contribution in [3.63, 3.8) is 0 Å². The normalized spacial score (nSPS) is 27.3. The van der Waals surface area contributed by atoms with Crippen molar-refractivity contribution in [2.75, 3.05) is 13.1 Å². The second-order valence-electron chi connectivity index (χ2n) is 4.87. The molecule has 7 nitrogen and oxygen atoms in total. The fraction of sp³-hybridized carbons (Fsp3) is 0.500. The Balaban J connectivity index is 1.85. The molecule has 2 fully saturated rings. The van der Waals surface area contributed by atoms with Crippen LogP contribution in [0.15, 0.2) is 29.4 Å². The molecule has 2 atom stereocenters. The Morgan fingerprint density at radius 3 is 3.00 bits per heavy atom. The van der Waals surface area contributed by atoms with Crippen LogP contribution in [0.4, 0.5) is 4.79 Å². The zero-order valence-electron chi connectivity index (χ0n) is 10.7. The van der Waals surface area contributed by atoms with Gasteiger partial charge in [0, 0.05) is 12.7 Å². The van der Waals surface area contributed by atoms with Gasteiger partial charge < -0.3 is 10.1 Å². The maximum atomic E-state index is 12.5. The number of hydrogen-bond donors (Lipinski definition) is 1. The number of nitrogens with one attached hydrogen (secondary N) is 1. The molecule has 0 spiro atoms. The van der Waals surface area contributed by atoms with E-state index in [1.165, 1.54) is 16.6 Å². The van der Waals surface area contributed by atoms with Crippen molar-refractivity contribution in [3.8, 4) is 0 Å². The van der Waals surface area contributed by atoms with E-state index in [-0.39, 0.29) is 17.6 Å². The quantitative estimate of drug-likeness (QED) is 0.850. The SMILES string of the molecule is O=C1N[C@H]2CCCN(S(=O)(=O)c3ccccn3)C[C@H]2O1. The summed E-state index contributed by atoms with van der Waals surface area (Å²) in [6.45, 7) is 0.577. The molecule has 0 radical (unpaired) electrons. The summed E-state index contributed by atoms with van der Waals surface area (Å²) in [7, 11) is -3.64. The molecule has 3 heterocycles. The molecule has 8 heteroatoms. The molecule has 0 aliphatic carbocycles. The van der Waals surface area contributed by atoms with Gasteiger partial charge in [-0.2, -0.15) is 4.31 Å². The van der Waals surface area contributed by atoms with Crippen LogP contribution in [0.2, 0.25) is 0 Å². The van der Waals surface area contributed by atoms with Crippen LogP contribution in [0, 0.1) is 0 Å². The number of nitrogens with zero attached hydrogens (tertiary/aromatic N) is 2. The number of rotatable bonds is 2. The van der Waals surface area contributed by atoms with Crippen molar-refractivity contribution in [2.45, 2.75) is 30.0 Å². The van der Waals surface area contributed by atoms with Gasteiger partial charge in [-0.25, -0.2) is 18.2 Å². The number of amides is 1. The van der Waals surface area contributed by atoms with Gasteiger partial charge in [0.1, 0.15) is 6.10 Å². The molecule has 20 heavy (non-hydrogen) atoms. The molecule has 2 saturated heterocycles. The Kier molecular flexibility index (Phi) is 3.35. The zero-order chi connectivity index (χ0) is 14.2. The average molecular weight is 297 g/mol. The van der Waals surface area contributed by atoms with E-state index in [4.69, 9.17) is 4.74 Å². The molecule has 3 rings (SSSR count). The Hall–Kier alpha value is -1.67. The van der Waals surface area contributed by atoms with E-state index >= 15 is 0 Å². The lowest BCUT2D eigenvalue weighted by Crippen LogP contribution is -2.40. The summed E-state index contributed by atoms with van der Waals surface area (Å²) in [5.74, 6) is 0. The summed E-state index contributed by atoms with van der Waals surface area (Å²) in [4.78, 5) is 15.1. The van der Waals surface area contributed by atoms with E-state index in [1.54, 1.807) is 12.1 Å². The van der Waals surface area contributed by atoms with Crippen molar-refractivity contribution in [1.29, 1.82) is 0 Å². The highest BCUT2D eigenvalue weighted by Crippen LogP contribution is 2.23. The van der Waals surface area contributed by atoms with Gasteiger partial charge in [-0.1, -0.05) is 6.07 Å². The summed E-state index contributed by atoms with van der Waals surface area (Å²) < 4.78 is 31.5. The van der Waals surface area contributed by atoms with E-state index in [9.17, 15) is 13.2 Å². The Morgan fingerprint density at radius 2 is 2.25 bits per heavy atom. The van der Waals surface area contributed by atoms with Gasteiger partial charge >= 0.3 is 6.09 Å². The number of ether oxygens (including phenoxy) is 1. The average Bonchev–Trinajstić information content (AvgIpc) is 2.66. The molecule has 1 N–H and O–H groups in total. The van der Waals surface area contributed by atoms with Gasteiger partial charge in [0.15, 0.2) is 5.03 Å². The largest absolute Gasteiger partial charge is 0.443 e. The van der Waals surface area contributed by atoms with Crippen LogP contribution in [0.5, 0.6) is 0 Å². The minimum atomic E-state index is -3.64. The van der Waals surface area contributed by atoms with Crippen LogP contribution in [0.3, 0.4) is 0 Å². The molecule has 2 aliphatic heterocycles. The van der Waals surface area contributed by atoms with E-state index in [0.717, 1.165) is 0 Å². The van der Waals surface area contributed by atoms with E-state index < -0.39 is 22.2 Å². The monoisotopic (exact) mass is 297 g/mol. The van der Waals surface area contributed by atoms with Crippen LogP contribution in [-0.4, -0.2) is 49.0 Å². The number of alkyl carbamates (subject to hydrolysis) is 1. The summed E-state index contributed by atoms with van der Waals surface area (Å²) in [5.41, 5.74) is 0. The maximum Gasteiger partial charge on any atom is 0.407 e. The van der Waals surface area contributed by atoms with Crippen LogP contribution >= 0.6 is 0 Å². The van der Waals surface area contributed by atoms with Crippen LogP contribution in [0.25, 0.3) is 0 Å². The van der Waals surface area contributed by atoms with Gasteiger partial charge in [-0.05, 0) is 25.0 Å². The second kappa shape index (κ2) is 5.02. The minimum Gasteiger partial charge on any atom is -0.443 e. The van der Waals surface area contributed by atoms with Gasteiger partial charge in [-0.3, -0.25) is 0 Å². The Morgan fingerprint density at radius 1 is 1.40 bits per heavy atom. The van der Waals surface area contributed by atoms with E-state index in [0.29, 0.717) is 19.4 Å². The number of pyridine rings is 1. The molecule has 108 valence electrons. The first-order chi connectivity index (χ1) is 9.57. The molecular formula is C12H15N3O4S. The number of fused-ring (bicyclic) bond motifs is 1. The van der Waals surface area contributed by atoms with E-state index in [2.05, 4.69) is 10.3 Å². The van der Waals surface area contributed by atoms with Gasteiger partial charge in [0.25, 0.3) is 10.0 Å². The fourth-order valence-electron chi connectivity index (χ4n) is 2.55. The molecule has 2 aliphatic rings. The lowest BCUT2D eigenvalue weighted by Gasteiger charge is -2.21. The van der Waals surface area contributed by atoms with Crippen molar-refractivity contribution >= 4 is 16.1 Å². The molecule has 0 saturated carbocycles. The summed E-state index contributed by atoms with van der Waals surface area (Å²) in [6, 6.07) is 4.67. The Labute approximate surface area is 117 Å². The minimum absolute atomic E-state index is 0.0238. The molecule has 1 amide bonds. The summed E-state index contributed by atoms with van der Waals surface area (Å²) in [5, 5.41) is 2.73. The topological polar surface area (TPSA) is 88.6 Å². The first-order valence-corrected chi connectivity index (χ1v) is 7.90. The first-order valence-electron chi connectivity index (χ1n) is 6.46. The molecule has 1 aromatic rings. The highest BCUT2D eigenvalue weighted by molar-refractivity contribution is 7.89. The third-order valence-electron chi connectivity index (χ3n) is 3.56. The Bertz CT molecular complexity index is 604. The van der Waals surface area contributed by atoms with Crippen LogP contribution < -0.4 is 5.32 Å². The predicted octanol–water partition coefficient (Wildman–Crippen LogP) is 0.343. The number of carbonyl (C=O) groups excluding carboxylic acids is 1. The molecule has 0 aromatic carbocycles. The smallest absolute Gasteiger partial charge is 0.407 e. The van der Waals surface area contributed by atoms with Crippen LogP contribution in [0.1, 0.15) is 12.8 Å². The predicted molar refractivity (Wildman–Crippen MR) is 69.4 cm³/mol. The van der Waals surface area contributed by atoms with Crippen LogP contribution in [-0.2, 0) is 14.8 Å². The summed E-state index contributed by atoms with van der Waals surface area (Å²) >= 11 is 0. The lowest BCUT2D eigenvalue weighted by atomic mass is 10.1. The second-order valence-corrected chi connectivity index (χ2v) is 6.75. The fourth-order valence-corrected chi connectivity index (χ4v) is 3.97. The highest BCUT2D eigenvalue weighted by atomic mass is 32.2. The first kappa shape index (κ1) is 13.3. The molecule has 1 aromatic heterocycles. The summed E-state index contributed by atoms with van der Waals surface area (Å²) in [6.07, 6.45) is 1.94. The highest BCUT2D eigenvalue weighted by Gasteiger charge is 2.40. The number of aromatic nitrogens is 1. The number of sulfonamides is 1. The van der Waals surface area contributed by atoms with Crippen molar-refractivity contribution in [1.82, 2.24) is 14.6 Å². The maximum absolute atomic E-state index is 12.5.